The Balaban J connectivity index is 1.28. The van der Waals surface area contributed by atoms with Crippen molar-refractivity contribution >= 4 is 29.0 Å². The maximum atomic E-state index is 12.9. The van der Waals surface area contributed by atoms with Gasteiger partial charge in [-0.2, -0.15) is 0 Å². The van der Waals surface area contributed by atoms with Gasteiger partial charge in [-0.05, 0) is 85.3 Å². The van der Waals surface area contributed by atoms with Gasteiger partial charge in [0.15, 0.2) is 0 Å². The number of hydrogen-bond donors (Lipinski definition) is 3. The number of hydrogen-bond acceptors (Lipinski definition) is 5. The van der Waals surface area contributed by atoms with Crippen LogP contribution in [0.5, 0.6) is 0 Å². The molecule has 0 radical (unpaired) electrons. The van der Waals surface area contributed by atoms with E-state index in [4.69, 9.17) is 5.73 Å². The Bertz CT molecular complexity index is 1180. The van der Waals surface area contributed by atoms with E-state index in [0.29, 0.717) is 16.9 Å². The molecule has 8 heteroatoms. The van der Waals surface area contributed by atoms with Crippen LogP contribution in [0.4, 0.5) is 21.9 Å². The smallest absolute Gasteiger partial charge is 0.319 e. The van der Waals surface area contributed by atoms with Crippen LogP contribution in [0, 0.1) is 0 Å². The fourth-order valence-electron chi connectivity index (χ4n) is 4.51. The molecule has 0 saturated carbocycles. The van der Waals surface area contributed by atoms with E-state index in [9.17, 15) is 9.59 Å². The normalized spacial score (nSPS) is 12.8. The third-order valence-electron chi connectivity index (χ3n) is 6.54. The zero-order chi connectivity index (χ0) is 26.0. The molecular formula is C29H36N6O2. The lowest BCUT2D eigenvalue weighted by molar-refractivity contribution is 0.102. The molecular weight excluding hydrogens is 464 g/mol. The lowest BCUT2D eigenvalue weighted by Crippen LogP contribution is -2.43. The molecule has 1 aliphatic heterocycles. The summed E-state index contributed by atoms with van der Waals surface area (Å²) in [7, 11) is 0. The van der Waals surface area contributed by atoms with Crippen molar-refractivity contribution in [1.29, 1.82) is 0 Å². The van der Waals surface area contributed by atoms with Gasteiger partial charge in [-0.3, -0.25) is 9.78 Å². The molecule has 4 rings (SSSR count). The minimum atomic E-state index is -0.222. The monoisotopic (exact) mass is 500 g/mol. The van der Waals surface area contributed by atoms with Crippen LogP contribution in [-0.2, 0) is 0 Å². The Kier molecular flexibility index (Phi) is 8.97. The first-order valence-corrected chi connectivity index (χ1v) is 13.0. The first-order valence-electron chi connectivity index (χ1n) is 13.0. The molecule has 3 aromatic rings. The molecule has 1 fully saturated rings. The number of benzene rings is 2. The van der Waals surface area contributed by atoms with E-state index in [2.05, 4.69) is 22.5 Å². The Hall–Kier alpha value is -4.07. The second-order valence-corrected chi connectivity index (χ2v) is 9.31. The van der Waals surface area contributed by atoms with E-state index in [1.165, 1.54) is 0 Å². The van der Waals surface area contributed by atoms with Crippen LogP contribution in [0.2, 0.25) is 0 Å². The van der Waals surface area contributed by atoms with Gasteiger partial charge in [-0.1, -0.05) is 13.0 Å². The molecule has 8 nitrogen and oxygen atoms in total. The van der Waals surface area contributed by atoms with E-state index >= 15 is 0 Å². The largest absolute Gasteiger partial charge is 0.397 e. The van der Waals surface area contributed by atoms with Gasteiger partial charge >= 0.3 is 6.03 Å². The molecule has 2 aromatic carbocycles. The second kappa shape index (κ2) is 12.8. The van der Waals surface area contributed by atoms with Crippen LogP contribution in [0.1, 0.15) is 43.0 Å². The number of pyridine rings is 1. The van der Waals surface area contributed by atoms with Crippen LogP contribution in [0.15, 0.2) is 67.0 Å². The lowest BCUT2D eigenvalue weighted by atomic mass is 10.1. The van der Waals surface area contributed by atoms with Crippen molar-refractivity contribution < 1.29 is 9.59 Å². The molecule has 0 atom stereocenters. The van der Waals surface area contributed by atoms with E-state index in [1.54, 1.807) is 30.6 Å². The predicted molar refractivity (Wildman–Crippen MR) is 150 cm³/mol. The number of amides is 3. The number of nitrogens with zero attached hydrogens (tertiary/aromatic N) is 3. The van der Waals surface area contributed by atoms with Gasteiger partial charge < -0.3 is 26.2 Å². The highest BCUT2D eigenvalue weighted by atomic mass is 16.2. The zero-order valence-electron chi connectivity index (χ0n) is 21.5. The number of nitrogens with one attached hydrogen (secondary N) is 2. The number of nitrogen functional groups attached to an aromatic ring is 1. The SMILES string of the molecule is CCCN(CCCNc1ccc(C(=O)Nc2cc(-c3ccncc3)ccc2N)cc1)C(=O)N1CCCC1. The molecule has 2 heterocycles. The van der Waals surface area contributed by atoms with Crippen LogP contribution >= 0.6 is 0 Å². The van der Waals surface area contributed by atoms with Gasteiger partial charge in [0.1, 0.15) is 0 Å². The Labute approximate surface area is 218 Å². The van der Waals surface area contributed by atoms with Crippen LogP contribution in [0.25, 0.3) is 11.1 Å². The second-order valence-electron chi connectivity index (χ2n) is 9.31. The maximum absolute atomic E-state index is 12.9. The van der Waals surface area contributed by atoms with Crippen molar-refractivity contribution in [2.75, 3.05) is 49.1 Å². The maximum Gasteiger partial charge on any atom is 0.319 e. The molecule has 4 N–H and O–H groups in total. The summed E-state index contributed by atoms with van der Waals surface area (Å²) in [4.78, 5) is 33.6. The highest BCUT2D eigenvalue weighted by Gasteiger charge is 2.22. The quantitative estimate of drug-likeness (QED) is 0.258. The number of rotatable bonds is 10. The molecule has 194 valence electrons. The number of likely N-dealkylation sites (tertiary alicyclic amines) is 1. The predicted octanol–water partition coefficient (Wildman–Crippen LogP) is 5.31. The molecule has 0 spiro atoms. The van der Waals surface area contributed by atoms with Gasteiger partial charge in [0.2, 0.25) is 0 Å². The average Bonchev–Trinajstić information content (AvgIpc) is 3.47. The Morgan fingerprint density at radius 2 is 1.70 bits per heavy atom. The molecule has 1 aromatic heterocycles. The zero-order valence-corrected chi connectivity index (χ0v) is 21.5. The summed E-state index contributed by atoms with van der Waals surface area (Å²) in [5.74, 6) is -0.222. The minimum Gasteiger partial charge on any atom is -0.397 e. The summed E-state index contributed by atoms with van der Waals surface area (Å²) in [6, 6.07) is 16.9. The van der Waals surface area contributed by atoms with Crippen LogP contribution in [0.3, 0.4) is 0 Å². The molecule has 0 unspecified atom stereocenters. The fourth-order valence-corrected chi connectivity index (χ4v) is 4.51. The van der Waals surface area contributed by atoms with E-state index < -0.39 is 0 Å². The number of anilines is 3. The lowest BCUT2D eigenvalue weighted by Gasteiger charge is -2.27. The minimum absolute atomic E-state index is 0.168. The van der Waals surface area contributed by atoms with E-state index in [0.717, 1.165) is 75.2 Å². The van der Waals surface area contributed by atoms with Crippen LogP contribution in [-0.4, -0.2) is 59.4 Å². The Morgan fingerprint density at radius 3 is 2.41 bits per heavy atom. The Morgan fingerprint density at radius 1 is 0.973 bits per heavy atom. The van der Waals surface area contributed by atoms with Gasteiger partial charge in [0.25, 0.3) is 5.91 Å². The number of urea groups is 1. The van der Waals surface area contributed by atoms with Gasteiger partial charge in [-0.25, -0.2) is 4.79 Å². The highest BCUT2D eigenvalue weighted by molar-refractivity contribution is 6.06. The molecule has 3 amide bonds. The highest BCUT2D eigenvalue weighted by Crippen LogP contribution is 2.27. The topological polar surface area (TPSA) is 104 Å². The van der Waals surface area contributed by atoms with E-state index in [1.807, 2.05) is 46.2 Å². The molecule has 0 aliphatic carbocycles. The standard InChI is InChI=1S/C29H36N6O2/c1-2-17-34(29(37)35-18-3-4-19-35)20-5-14-32-25-9-6-23(7-10-25)28(36)33-27-21-24(8-11-26(27)30)22-12-15-31-16-13-22/h6-13,15-16,21,32H,2-5,14,17-20,30H2,1H3,(H,33,36). The van der Waals surface area contributed by atoms with Crippen molar-refractivity contribution in [2.45, 2.75) is 32.6 Å². The van der Waals surface area contributed by atoms with E-state index in [-0.39, 0.29) is 11.9 Å². The molecule has 0 bridgehead atoms. The van der Waals surface area contributed by atoms with Crippen molar-refractivity contribution in [2.24, 2.45) is 0 Å². The van der Waals surface area contributed by atoms with Crippen molar-refractivity contribution in [3.63, 3.8) is 0 Å². The summed E-state index contributed by atoms with van der Waals surface area (Å²) in [6.45, 7) is 6.12. The summed E-state index contributed by atoms with van der Waals surface area (Å²) < 4.78 is 0. The first-order chi connectivity index (χ1) is 18.0. The molecule has 37 heavy (non-hydrogen) atoms. The van der Waals surface area contributed by atoms with Crippen molar-refractivity contribution in [3.8, 4) is 11.1 Å². The third-order valence-corrected chi connectivity index (χ3v) is 6.54. The summed E-state index contributed by atoms with van der Waals surface area (Å²) in [6.07, 6.45) is 7.48. The molecule has 1 aliphatic rings. The number of carbonyl (C=O) groups is 2. The van der Waals surface area contributed by atoms with Gasteiger partial charge in [0.05, 0.1) is 11.4 Å². The number of carbonyl (C=O) groups excluding carboxylic acids is 2. The fraction of sp³-hybridized carbons (Fsp3) is 0.345. The first kappa shape index (κ1) is 26.0. The summed E-state index contributed by atoms with van der Waals surface area (Å²) in [5, 5.41) is 6.32. The van der Waals surface area contributed by atoms with Gasteiger partial charge in [0, 0.05) is 56.4 Å². The number of nitrogens with two attached hydrogens (primary N) is 1. The van der Waals surface area contributed by atoms with Crippen LogP contribution < -0.4 is 16.4 Å². The van der Waals surface area contributed by atoms with Gasteiger partial charge in [-0.15, -0.1) is 0 Å². The van der Waals surface area contributed by atoms with Crippen molar-refractivity contribution in [1.82, 2.24) is 14.8 Å². The van der Waals surface area contributed by atoms with Crippen molar-refractivity contribution in [3.05, 3.63) is 72.6 Å². The average molecular weight is 501 g/mol. The summed E-state index contributed by atoms with van der Waals surface area (Å²) >= 11 is 0. The molecule has 1 saturated heterocycles. The summed E-state index contributed by atoms with van der Waals surface area (Å²) in [5.41, 5.74) is 10.6. The third kappa shape index (κ3) is 7.00. The number of aromatic nitrogens is 1.